The molecule has 4 aromatic heterocycles. The Balaban J connectivity index is 1.31. The van der Waals surface area contributed by atoms with Crippen LogP contribution in [0.25, 0.3) is 77.4 Å². The summed E-state index contributed by atoms with van der Waals surface area (Å²) in [5.74, 6) is 1.18. The molecule has 12 nitrogen and oxygen atoms in total. The summed E-state index contributed by atoms with van der Waals surface area (Å²) in [5.41, 5.74) is 1.61. The molecule has 260 valence electrons. The van der Waals surface area contributed by atoms with Gasteiger partial charge in [-0.1, -0.05) is 87.6 Å². The summed E-state index contributed by atoms with van der Waals surface area (Å²) < 4.78 is 8.92. The lowest BCUT2D eigenvalue weighted by atomic mass is 9.89. The van der Waals surface area contributed by atoms with E-state index in [-0.39, 0.29) is 11.2 Å². The summed E-state index contributed by atoms with van der Waals surface area (Å²) in [5, 5.41) is 6.06. The van der Waals surface area contributed by atoms with E-state index in [1.165, 1.54) is 33.6 Å². The van der Waals surface area contributed by atoms with Crippen molar-refractivity contribution in [3.05, 3.63) is 90.2 Å². The second-order valence-electron chi connectivity index (χ2n) is 13.8. The van der Waals surface area contributed by atoms with Crippen molar-refractivity contribution in [1.82, 2.24) is 37.4 Å². The molecule has 0 aliphatic heterocycles. The molecule has 8 aromatic rings. The average molecular weight is 685 g/mol. The normalized spacial score (nSPS) is 12.2. The van der Waals surface area contributed by atoms with Gasteiger partial charge in [-0.3, -0.25) is 27.9 Å². The molecular formula is C39H40N8O4. The van der Waals surface area contributed by atoms with Gasteiger partial charge in [0.25, 0.3) is 11.1 Å². The van der Waals surface area contributed by atoms with Crippen molar-refractivity contribution in [2.45, 2.75) is 52.0 Å². The van der Waals surface area contributed by atoms with Gasteiger partial charge in [-0.15, -0.1) is 0 Å². The molecule has 0 aliphatic carbocycles. The Kier molecular flexibility index (Phi) is 7.58. The van der Waals surface area contributed by atoms with Crippen LogP contribution < -0.4 is 22.5 Å². The van der Waals surface area contributed by atoms with Crippen molar-refractivity contribution in [1.29, 1.82) is 0 Å². The van der Waals surface area contributed by atoms with Gasteiger partial charge in [0.05, 0.1) is 0 Å². The maximum atomic E-state index is 13.9. The minimum Gasteiger partial charge on any atom is -0.321 e. The Hall–Kier alpha value is -5.78. The van der Waals surface area contributed by atoms with E-state index in [0.29, 0.717) is 40.5 Å². The minimum absolute atomic E-state index is 0.319. The fourth-order valence-electron chi connectivity index (χ4n) is 7.88. The number of unbranched alkanes of at least 4 members (excludes halogenated alkanes) is 5. The lowest BCUT2D eigenvalue weighted by Gasteiger charge is -2.16. The van der Waals surface area contributed by atoms with Gasteiger partial charge >= 0.3 is 11.4 Å². The van der Waals surface area contributed by atoms with E-state index in [1.807, 2.05) is 23.7 Å². The van der Waals surface area contributed by atoms with Crippen LogP contribution in [0.2, 0.25) is 0 Å². The molecule has 0 spiro atoms. The van der Waals surface area contributed by atoms with E-state index in [0.717, 1.165) is 73.7 Å². The monoisotopic (exact) mass is 684 g/mol. The van der Waals surface area contributed by atoms with E-state index in [2.05, 4.69) is 43.3 Å². The first-order valence-corrected chi connectivity index (χ1v) is 17.5. The molecule has 0 aliphatic rings. The van der Waals surface area contributed by atoms with Crippen molar-refractivity contribution in [2.75, 3.05) is 0 Å². The smallest absolute Gasteiger partial charge is 0.321 e. The third kappa shape index (κ3) is 4.65. The number of hydrogen-bond acceptors (Lipinski definition) is 6. The van der Waals surface area contributed by atoms with Crippen molar-refractivity contribution in [2.24, 2.45) is 35.2 Å². The van der Waals surface area contributed by atoms with E-state index < -0.39 is 11.2 Å². The van der Waals surface area contributed by atoms with Crippen LogP contribution in [0.4, 0.5) is 0 Å². The van der Waals surface area contributed by atoms with E-state index in [4.69, 9.17) is 9.97 Å². The van der Waals surface area contributed by atoms with Crippen LogP contribution in [-0.4, -0.2) is 37.4 Å². The van der Waals surface area contributed by atoms with Crippen LogP contribution in [0, 0.1) is 0 Å². The molecule has 0 saturated heterocycles. The summed E-state index contributed by atoms with van der Waals surface area (Å²) in [7, 11) is 8.41. The molecule has 0 bridgehead atoms. The van der Waals surface area contributed by atoms with Gasteiger partial charge in [0.15, 0.2) is 22.3 Å². The van der Waals surface area contributed by atoms with Gasteiger partial charge in [-0.05, 0) is 38.7 Å². The lowest BCUT2D eigenvalue weighted by molar-refractivity contribution is 0.526. The van der Waals surface area contributed by atoms with Crippen molar-refractivity contribution >= 4 is 54.6 Å². The maximum absolute atomic E-state index is 13.9. The van der Waals surface area contributed by atoms with Crippen LogP contribution in [0.3, 0.4) is 0 Å². The molecule has 0 amide bonds. The quantitative estimate of drug-likeness (QED) is 0.150. The second kappa shape index (κ2) is 11.9. The highest BCUT2D eigenvalue weighted by Gasteiger charge is 2.24. The summed E-state index contributed by atoms with van der Waals surface area (Å²) in [6.07, 6.45) is 6.37. The van der Waals surface area contributed by atoms with Crippen LogP contribution in [0.15, 0.2) is 67.7 Å². The first-order valence-electron chi connectivity index (χ1n) is 17.5. The van der Waals surface area contributed by atoms with Crippen LogP contribution in [0.1, 0.15) is 45.4 Å². The molecular weight excluding hydrogens is 644 g/mol. The lowest BCUT2D eigenvalue weighted by Crippen LogP contribution is -2.39. The summed E-state index contributed by atoms with van der Waals surface area (Å²) in [6.45, 7) is 2.56. The average Bonchev–Trinajstić information content (AvgIpc) is 3.67. The minimum atomic E-state index is -0.432. The van der Waals surface area contributed by atoms with Gasteiger partial charge < -0.3 is 9.13 Å². The van der Waals surface area contributed by atoms with Crippen molar-refractivity contribution in [3.63, 3.8) is 0 Å². The topological polar surface area (TPSA) is 124 Å². The van der Waals surface area contributed by atoms with E-state index in [9.17, 15) is 19.2 Å². The predicted molar refractivity (Wildman–Crippen MR) is 203 cm³/mol. The number of nitrogens with zero attached hydrogens (tertiary/aromatic N) is 8. The molecule has 4 aromatic carbocycles. The van der Waals surface area contributed by atoms with Gasteiger partial charge in [-0.25, -0.2) is 19.6 Å². The zero-order chi connectivity index (χ0) is 35.9. The largest absolute Gasteiger partial charge is 0.332 e. The summed E-state index contributed by atoms with van der Waals surface area (Å²) in [6, 6.07) is 16.5. The maximum Gasteiger partial charge on any atom is 0.332 e. The predicted octanol–water partition coefficient (Wildman–Crippen LogP) is 5.31. The van der Waals surface area contributed by atoms with Crippen LogP contribution in [0.5, 0.6) is 0 Å². The molecule has 0 radical (unpaired) electrons. The Labute approximate surface area is 291 Å². The highest BCUT2D eigenvalue weighted by atomic mass is 16.2. The summed E-state index contributed by atoms with van der Waals surface area (Å²) >= 11 is 0. The van der Waals surface area contributed by atoms with Crippen LogP contribution >= 0.6 is 0 Å². The number of hydrogen-bond donors (Lipinski definition) is 0. The first kappa shape index (κ1) is 32.4. The molecule has 0 atom stereocenters. The zero-order valence-corrected chi connectivity index (χ0v) is 29.8. The van der Waals surface area contributed by atoms with Crippen LogP contribution in [-0.2, 0) is 41.8 Å². The molecule has 0 N–H and O–H groups in total. The van der Waals surface area contributed by atoms with Gasteiger partial charge in [-0.2, -0.15) is 0 Å². The fourth-order valence-corrected chi connectivity index (χ4v) is 7.88. The number of imidazole rings is 2. The van der Waals surface area contributed by atoms with E-state index in [1.54, 1.807) is 25.7 Å². The second-order valence-corrected chi connectivity index (χ2v) is 13.8. The summed E-state index contributed by atoms with van der Waals surface area (Å²) in [4.78, 5) is 62.9. The number of benzene rings is 4. The molecule has 8 rings (SSSR count). The standard InChI is InChI=1S/C39H40N8O4/c1-7-8-9-10-11-12-21-47-37(49)31-35(45(5)39(47)51)41-33(43(31)3)27-20-16-23-13-17-24-26(19-15-22-14-18-25(27)29(23)28(22)24)32-40-34-30(42(32)2)36(48)46(6)38(50)44(34)4/h13-20H,7-12,21H2,1-6H3. The highest BCUT2D eigenvalue weighted by molar-refractivity contribution is 6.27. The van der Waals surface area contributed by atoms with Gasteiger partial charge in [0, 0.05) is 52.9 Å². The molecule has 0 saturated carbocycles. The third-order valence-corrected chi connectivity index (χ3v) is 10.7. The van der Waals surface area contributed by atoms with Gasteiger partial charge in [0.1, 0.15) is 11.6 Å². The molecule has 51 heavy (non-hydrogen) atoms. The first-order chi connectivity index (χ1) is 24.5. The fraction of sp³-hybridized carbons (Fsp3) is 0.333. The Morgan fingerprint density at radius 1 is 0.510 bits per heavy atom. The number of aryl methyl sites for hydroxylation is 4. The number of aromatic nitrogens is 8. The molecule has 0 fully saturated rings. The van der Waals surface area contributed by atoms with E-state index >= 15 is 0 Å². The Bertz CT molecular complexity index is 2950. The Morgan fingerprint density at radius 3 is 1.53 bits per heavy atom. The number of rotatable bonds is 9. The third-order valence-electron chi connectivity index (χ3n) is 10.7. The molecule has 4 heterocycles. The zero-order valence-electron chi connectivity index (χ0n) is 29.8. The molecule has 12 heteroatoms. The molecule has 0 unspecified atom stereocenters. The van der Waals surface area contributed by atoms with Crippen molar-refractivity contribution < 1.29 is 0 Å². The van der Waals surface area contributed by atoms with Gasteiger partial charge in [0.2, 0.25) is 0 Å². The number of fused-ring (bicyclic) bond motifs is 2. The Morgan fingerprint density at radius 2 is 0.980 bits per heavy atom. The highest BCUT2D eigenvalue weighted by Crippen LogP contribution is 2.42. The SMILES string of the molecule is CCCCCCCCn1c(=O)c2c(nc(-c3ccc4ccc5c(-c6nc7c(c(=O)n(C)c(=O)n7C)n6C)ccc6ccc3c4c65)n2C)n(C)c1=O. The van der Waals surface area contributed by atoms with Crippen molar-refractivity contribution in [3.8, 4) is 22.8 Å².